The summed E-state index contributed by atoms with van der Waals surface area (Å²) in [5.41, 5.74) is 10.1. The van der Waals surface area contributed by atoms with Crippen molar-refractivity contribution < 1.29 is 5.21 Å². The van der Waals surface area contributed by atoms with E-state index in [0.29, 0.717) is 34.9 Å². The maximum Gasteiger partial charge on any atom is 0.263 e. The van der Waals surface area contributed by atoms with Gasteiger partial charge < -0.3 is 10.9 Å². The summed E-state index contributed by atoms with van der Waals surface area (Å²) in [6.45, 7) is 3.96. The van der Waals surface area contributed by atoms with Gasteiger partial charge in [0.1, 0.15) is 11.6 Å². The van der Waals surface area contributed by atoms with Gasteiger partial charge in [-0.3, -0.25) is 9.78 Å². The van der Waals surface area contributed by atoms with E-state index >= 15 is 0 Å². The molecule has 0 aliphatic carbocycles. The Bertz CT molecular complexity index is 1400. The van der Waals surface area contributed by atoms with Crippen molar-refractivity contribution in [1.29, 1.82) is 0 Å². The lowest BCUT2D eigenvalue weighted by Crippen LogP contribution is -2.29. The smallest absolute Gasteiger partial charge is 0.263 e. The van der Waals surface area contributed by atoms with E-state index in [4.69, 9.17) is 15.9 Å². The van der Waals surface area contributed by atoms with Crippen LogP contribution in [0.2, 0.25) is 0 Å². The average Bonchev–Trinajstić information content (AvgIpc) is 2.90. The van der Waals surface area contributed by atoms with Crippen LogP contribution in [-0.2, 0) is 12.8 Å². The highest BCUT2D eigenvalue weighted by molar-refractivity contribution is 6.02. The van der Waals surface area contributed by atoms with Gasteiger partial charge in [0.15, 0.2) is 5.84 Å². The van der Waals surface area contributed by atoms with E-state index in [1.54, 1.807) is 29.1 Å². The Morgan fingerprint density at radius 3 is 2.57 bits per heavy atom. The van der Waals surface area contributed by atoms with Gasteiger partial charge in [0, 0.05) is 35.5 Å². The molecule has 0 bridgehead atoms. The van der Waals surface area contributed by atoms with E-state index < -0.39 is 0 Å². The first-order valence-electron chi connectivity index (χ1n) is 11.6. The number of aromatic nitrogens is 4. The number of unbranched alkanes of at least 4 members (excludes halogenated alkanes) is 1. The van der Waals surface area contributed by atoms with Crippen LogP contribution in [0.5, 0.6) is 0 Å². The van der Waals surface area contributed by atoms with E-state index in [2.05, 4.69) is 22.0 Å². The van der Waals surface area contributed by atoms with Crippen molar-refractivity contribution >= 4 is 5.84 Å². The van der Waals surface area contributed by atoms with Gasteiger partial charge in [0.2, 0.25) is 0 Å². The standard InChI is InChI=1S/C27H28N6O2/c1-3-4-11-24-22(27(34)33(18(2)31-24)25-12-7-8-15-29-25)16-19-13-14-23(30-17-19)20-9-5-6-10-21(20)26(28)32-35/h5-10,12-15,17,35H,3-4,11,16H2,1-2H3,(H2,28,32). The number of oxime groups is 1. The summed E-state index contributed by atoms with van der Waals surface area (Å²) < 4.78 is 1.57. The van der Waals surface area contributed by atoms with Crippen LogP contribution in [0, 0.1) is 6.92 Å². The van der Waals surface area contributed by atoms with Crippen LogP contribution in [0.4, 0.5) is 0 Å². The fraction of sp³-hybridized carbons (Fsp3) is 0.222. The molecular formula is C27H28N6O2. The SMILES string of the molecule is CCCCc1nc(C)n(-c2ccccn2)c(=O)c1Cc1ccc(-c2ccccc2C(N)=NO)nc1. The molecule has 178 valence electrons. The zero-order valence-corrected chi connectivity index (χ0v) is 19.8. The number of pyridine rings is 2. The summed E-state index contributed by atoms with van der Waals surface area (Å²) in [7, 11) is 0. The fourth-order valence-corrected chi connectivity index (χ4v) is 4.08. The minimum Gasteiger partial charge on any atom is -0.409 e. The van der Waals surface area contributed by atoms with Gasteiger partial charge in [-0.2, -0.15) is 0 Å². The van der Waals surface area contributed by atoms with Crippen molar-refractivity contribution in [1.82, 2.24) is 19.5 Å². The second-order valence-corrected chi connectivity index (χ2v) is 8.28. The summed E-state index contributed by atoms with van der Waals surface area (Å²) in [5.74, 6) is 1.20. The third kappa shape index (κ3) is 5.11. The zero-order chi connectivity index (χ0) is 24.8. The molecule has 35 heavy (non-hydrogen) atoms. The molecule has 8 nitrogen and oxygen atoms in total. The Morgan fingerprint density at radius 1 is 1.09 bits per heavy atom. The van der Waals surface area contributed by atoms with Crippen LogP contribution >= 0.6 is 0 Å². The van der Waals surface area contributed by atoms with Crippen LogP contribution in [-0.4, -0.2) is 30.6 Å². The molecule has 0 fully saturated rings. The van der Waals surface area contributed by atoms with Crippen LogP contribution in [0.15, 0.2) is 76.9 Å². The lowest BCUT2D eigenvalue weighted by Gasteiger charge is -2.15. The fourth-order valence-electron chi connectivity index (χ4n) is 4.08. The summed E-state index contributed by atoms with van der Waals surface area (Å²) >= 11 is 0. The largest absolute Gasteiger partial charge is 0.409 e. The molecule has 0 amide bonds. The van der Waals surface area contributed by atoms with Gasteiger partial charge in [-0.05, 0) is 43.5 Å². The summed E-state index contributed by atoms with van der Waals surface area (Å²) in [6, 6.07) is 16.6. The molecule has 8 heteroatoms. The maximum absolute atomic E-state index is 13.6. The van der Waals surface area contributed by atoms with Crippen molar-refractivity contribution in [2.24, 2.45) is 10.9 Å². The normalized spacial score (nSPS) is 11.5. The number of nitrogens with zero attached hydrogens (tertiary/aromatic N) is 5. The molecule has 0 unspecified atom stereocenters. The molecule has 0 aliphatic heterocycles. The first-order valence-corrected chi connectivity index (χ1v) is 11.6. The third-order valence-electron chi connectivity index (χ3n) is 5.87. The Labute approximate surface area is 203 Å². The molecule has 0 saturated heterocycles. The second kappa shape index (κ2) is 10.7. The molecule has 3 N–H and O–H groups in total. The summed E-state index contributed by atoms with van der Waals surface area (Å²) in [4.78, 5) is 27.4. The first kappa shape index (κ1) is 23.8. The molecule has 0 saturated carbocycles. The van der Waals surface area contributed by atoms with Crippen molar-refractivity contribution in [2.75, 3.05) is 0 Å². The highest BCUT2D eigenvalue weighted by Gasteiger charge is 2.17. The lowest BCUT2D eigenvalue weighted by atomic mass is 10.00. The predicted molar refractivity (Wildman–Crippen MR) is 136 cm³/mol. The number of hydrogen-bond donors (Lipinski definition) is 2. The number of nitrogens with two attached hydrogens (primary N) is 1. The molecule has 4 aromatic rings. The van der Waals surface area contributed by atoms with Gasteiger partial charge in [-0.25, -0.2) is 14.5 Å². The van der Waals surface area contributed by atoms with Gasteiger partial charge >= 0.3 is 0 Å². The Hall–Kier alpha value is -4.33. The Morgan fingerprint density at radius 2 is 1.89 bits per heavy atom. The lowest BCUT2D eigenvalue weighted by molar-refractivity contribution is 0.318. The predicted octanol–water partition coefficient (Wildman–Crippen LogP) is 4.03. The quantitative estimate of drug-likeness (QED) is 0.174. The van der Waals surface area contributed by atoms with Crippen molar-refractivity contribution in [3.8, 4) is 17.1 Å². The van der Waals surface area contributed by atoms with E-state index in [9.17, 15) is 4.79 Å². The summed E-state index contributed by atoms with van der Waals surface area (Å²) in [5, 5.41) is 12.2. The molecule has 0 atom stereocenters. The summed E-state index contributed by atoms with van der Waals surface area (Å²) in [6.07, 6.45) is 6.54. The maximum atomic E-state index is 13.6. The first-order chi connectivity index (χ1) is 17.0. The topological polar surface area (TPSA) is 119 Å². The van der Waals surface area contributed by atoms with E-state index in [1.807, 2.05) is 49.4 Å². The van der Waals surface area contributed by atoms with Crippen LogP contribution in [0.3, 0.4) is 0 Å². The van der Waals surface area contributed by atoms with E-state index in [0.717, 1.165) is 36.1 Å². The Balaban J connectivity index is 1.73. The number of rotatable bonds is 8. The number of hydrogen-bond acceptors (Lipinski definition) is 6. The monoisotopic (exact) mass is 468 g/mol. The van der Waals surface area contributed by atoms with Gasteiger partial charge in [0.25, 0.3) is 5.56 Å². The molecule has 0 spiro atoms. The van der Waals surface area contributed by atoms with Crippen molar-refractivity contribution in [3.63, 3.8) is 0 Å². The molecule has 1 aromatic carbocycles. The molecule has 3 aromatic heterocycles. The van der Waals surface area contributed by atoms with Crippen LogP contribution in [0.25, 0.3) is 17.1 Å². The number of aryl methyl sites for hydroxylation is 2. The highest BCUT2D eigenvalue weighted by Crippen LogP contribution is 2.23. The van der Waals surface area contributed by atoms with Crippen molar-refractivity contribution in [2.45, 2.75) is 39.5 Å². The third-order valence-corrected chi connectivity index (χ3v) is 5.87. The van der Waals surface area contributed by atoms with Gasteiger partial charge in [0.05, 0.1) is 11.4 Å². The van der Waals surface area contributed by atoms with E-state index in [1.165, 1.54) is 0 Å². The van der Waals surface area contributed by atoms with Crippen molar-refractivity contribution in [3.05, 3.63) is 106 Å². The molecule has 0 radical (unpaired) electrons. The number of amidine groups is 1. The number of benzene rings is 1. The minimum absolute atomic E-state index is 0.0212. The molecule has 3 heterocycles. The van der Waals surface area contributed by atoms with Gasteiger partial charge in [-0.1, -0.05) is 54.9 Å². The van der Waals surface area contributed by atoms with E-state index in [-0.39, 0.29) is 11.4 Å². The minimum atomic E-state index is -0.108. The zero-order valence-electron chi connectivity index (χ0n) is 19.8. The second-order valence-electron chi connectivity index (χ2n) is 8.28. The Kier molecular flexibility index (Phi) is 7.30. The molecule has 0 aliphatic rings. The highest BCUT2D eigenvalue weighted by atomic mass is 16.4. The average molecular weight is 469 g/mol. The van der Waals surface area contributed by atoms with Crippen LogP contribution in [0.1, 0.15) is 48.0 Å². The molecule has 4 rings (SSSR count). The van der Waals surface area contributed by atoms with Gasteiger partial charge in [-0.15, -0.1) is 0 Å². The van der Waals surface area contributed by atoms with Crippen LogP contribution < -0.4 is 11.3 Å². The molecular weight excluding hydrogens is 440 g/mol.